The average molecular weight is 345 g/mol. The van der Waals surface area contributed by atoms with Gasteiger partial charge in [0.25, 0.3) is 0 Å². The molecule has 0 aliphatic carbocycles. The van der Waals surface area contributed by atoms with E-state index in [1.165, 1.54) is 0 Å². The summed E-state index contributed by atoms with van der Waals surface area (Å²) in [5.41, 5.74) is 2.09. The summed E-state index contributed by atoms with van der Waals surface area (Å²) in [6.07, 6.45) is 0. The van der Waals surface area contributed by atoms with Gasteiger partial charge < -0.3 is 10.1 Å². The van der Waals surface area contributed by atoms with Crippen molar-refractivity contribution < 1.29 is 9.53 Å². The van der Waals surface area contributed by atoms with Crippen LogP contribution in [0.1, 0.15) is 18.3 Å². The molecule has 112 valence electrons. The second kappa shape index (κ2) is 6.69. The van der Waals surface area contributed by atoms with E-state index < -0.39 is 0 Å². The Morgan fingerprint density at radius 1 is 1.60 bits per heavy atom. The summed E-state index contributed by atoms with van der Waals surface area (Å²) in [5.74, 6) is 0.000100. The first-order chi connectivity index (χ1) is 9.58. The topological polar surface area (TPSA) is 59.4 Å². The number of ether oxygens (including phenoxy) is 1. The predicted molar refractivity (Wildman–Crippen MR) is 79.4 cm³/mol. The highest BCUT2D eigenvalue weighted by molar-refractivity contribution is 9.10. The largest absolute Gasteiger partial charge is 0.378 e. The van der Waals surface area contributed by atoms with E-state index in [2.05, 4.69) is 38.2 Å². The van der Waals surface area contributed by atoms with Crippen LogP contribution < -0.4 is 5.32 Å². The van der Waals surface area contributed by atoms with Crippen molar-refractivity contribution in [1.29, 1.82) is 0 Å². The van der Waals surface area contributed by atoms with E-state index in [0.29, 0.717) is 19.8 Å². The molecule has 6 nitrogen and oxygen atoms in total. The highest BCUT2D eigenvalue weighted by Crippen LogP contribution is 2.24. The van der Waals surface area contributed by atoms with E-state index in [1.807, 2.05) is 11.6 Å². The molecule has 1 aromatic heterocycles. The third kappa shape index (κ3) is 3.05. The van der Waals surface area contributed by atoms with Gasteiger partial charge in [-0.15, -0.1) is 0 Å². The summed E-state index contributed by atoms with van der Waals surface area (Å²) in [5, 5.41) is 7.20. The summed E-state index contributed by atoms with van der Waals surface area (Å²) in [7, 11) is 1.66. The summed E-state index contributed by atoms with van der Waals surface area (Å²) in [4.78, 5) is 14.1. The van der Waals surface area contributed by atoms with Gasteiger partial charge in [-0.05, 0) is 29.8 Å². The maximum Gasteiger partial charge on any atom is 0.239 e. The molecular formula is C13H21BrN4O2. The maximum absolute atomic E-state index is 11.9. The molecule has 0 radical (unpaired) electrons. The molecule has 0 bridgehead atoms. The lowest BCUT2D eigenvalue weighted by Gasteiger charge is -2.34. The first-order valence-corrected chi connectivity index (χ1v) is 7.63. The van der Waals surface area contributed by atoms with Crippen LogP contribution in [0.3, 0.4) is 0 Å². The van der Waals surface area contributed by atoms with E-state index in [1.54, 1.807) is 7.05 Å². The van der Waals surface area contributed by atoms with Gasteiger partial charge in [0.15, 0.2) is 0 Å². The van der Waals surface area contributed by atoms with Crippen molar-refractivity contribution in [2.45, 2.75) is 33.0 Å². The standard InChI is InChI=1S/C13H21BrN4O2/c1-4-18-10(12(14)9(2)16-18)7-17-5-6-20-8-11(17)13(19)15-3/h11H,4-8H2,1-3H3,(H,15,19). The zero-order chi connectivity index (χ0) is 14.7. The SMILES string of the molecule is CCn1nc(C)c(Br)c1CN1CCOCC1C(=O)NC. The number of likely N-dealkylation sites (N-methyl/N-ethyl adjacent to an activating group) is 1. The summed E-state index contributed by atoms with van der Waals surface area (Å²) in [6.45, 7) is 7.40. The van der Waals surface area contributed by atoms with Gasteiger partial charge in [0, 0.05) is 26.7 Å². The number of nitrogens with zero attached hydrogens (tertiary/aromatic N) is 3. The third-order valence-electron chi connectivity index (χ3n) is 3.59. The lowest BCUT2D eigenvalue weighted by atomic mass is 10.2. The van der Waals surface area contributed by atoms with Crippen LogP contribution in [0.2, 0.25) is 0 Å². The molecular weight excluding hydrogens is 324 g/mol. The fourth-order valence-corrected chi connectivity index (χ4v) is 2.86. The second-order valence-electron chi connectivity index (χ2n) is 4.84. The lowest BCUT2D eigenvalue weighted by molar-refractivity contribution is -0.132. The number of aryl methyl sites for hydroxylation is 2. The average Bonchev–Trinajstić information content (AvgIpc) is 2.74. The van der Waals surface area contributed by atoms with E-state index in [4.69, 9.17) is 4.74 Å². The Morgan fingerprint density at radius 3 is 3.00 bits per heavy atom. The predicted octanol–water partition coefficient (Wildman–Crippen LogP) is 0.921. The van der Waals surface area contributed by atoms with Crippen LogP contribution in [0, 0.1) is 6.92 Å². The third-order valence-corrected chi connectivity index (χ3v) is 4.63. The van der Waals surface area contributed by atoms with Gasteiger partial charge in [-0.25, -0.2) is 0 Å². The Kier molecular flexibility index (Phi) is 5.17. The van der Waals surface area contributed by atoms with Crippen molar-refractivity contribution in [1.82, 2.24) is 20.0 Å². The Hall–Kier alpha value is -0.920. The van der Waals surface area contributed by atoms with Crippen LogP contribution in [0.25, 0.3) is 0 Å². The molecule has 7 heteroatoms. The van der Waals surface area contributed by atoms with Gasteiger partial charge in [-0.2, -0.15) is 5.10 Å². The van der Waals surface area contributed by atoms with Crippen LogP contribution in [-0.4, -0.2) is 53.4 Å². The molecule has 1 aliphatic heterocycles. The van der Waals surface area contributed by atoms with Gasteiger partial charge in [0.05, 0.1) is 29.1 Å². The highest BCUT2D eigenvalue weighted by Gasteiger charge is 2.30. The zero-order valence-corrected chi connectivity index (χ0v) is 13.7. The van der Waals surface area contributed by atoms with Crippen LogP contribution in [0.15, 0.2) is 4.47 Å². The van der Waals surface area contributed by atoms with Crippen molar-refractivity contribution in [2.75, 3.05) is 26.8 Å². The first kappa shape index (κ1) is 15.5. The van der Waals surface area contributed by atoms with Crippen LogP contribution >= 0.6 is 15.9 Å². The molecule has 1 aliphatic rings. The van der Waals surface area contributed by atoms with Crippen LogP contribution in [-0.2, 0) is 22.6 Å². The minimum Gasteiger partial charge on any atom is -0.378 e. The minimum atomic E-state index is -0.235. The summed E-state index contributed by atoms with van der Waals surface area (Å²) < 4.78 is 8.44. The molecule has 1 unspecified atom stereocenters. The van der Waals surface area contributed by atoms with E-state index >= 15 is 0 Å². The van der Waals surface area contributed by atoms with Crippen molar-refractivity contribution in [2.24, 2.45) is 0 Å². The van der Waals surface area contributed by atoms with E-state index in [9.17, 15) is 4.79 Å². The number of carbonyl (C=O) groups is 1. The molecule has 1 amide bonds. The molecule has 1 N–H and O–H groups in total. The Morgan fingerprint density at radius 2 is 2.35 bits per heavy atom. The monoisotopic (exact) mass is 344 g/mol. The molecule has 2 rings (SSSR count). The molecule has 0 saturated carbocycles. The number of aromatic nitrogens is 2. The summed E-state index contributed by atoms with van der Waals surface area (Å²) in [6, 6.07) is -0.235. The number of morpholine rings is 1. The molecule has 0 aromatic carbocycles. The van der Waals surface area contributed by atoms with Crippen molar-refractivity contribution in [3.63, 3.8) is 0 Å². The number of nitrogens with one attached hydrogen (secondary N) is 1. The fraction of sp³-hybridized carbons (Fsp3) is 0.692. The number of rotatable bonds is 4. The normalized spacial score (nSPS) is 20.1. The quantitative estimate of drug-likeness (QED) is 0.882. The number of hydrogen-bond donors (Lipinski definition) is 1. The van der Waals surface area contributed by atoms with Crippen LogP contribution in [0.4, 0.5) is 0 Å². The van der Waals surface area contributed by atoms with Gasteiger partial charge in [-0.1, -0.05) is 0 Å². The van der Waals surface area contributed by atoms with Gasteiger partial charge in [0.2, 0.25) is 5.91 Å². The van der Waals surface area contributed by atoms with Gasteiger partial charge >= 0.3 is 0 Å². The van der Waals surface area contributed by atoms with E-state index in [-0.39, 0.29) is 11.9 Å². The molecule has 0 spiro atoms. The van der Waals surface area contributed by atoms with Crippen molar-refractivity contribution >= 4 is 21.8 Å². The van der Waals surface area contributed by atoms with Gasteiger partial charge in [0.1, 0.15) is 6.04 Å². The Balaban J connectivity index is 2.20. The molecule has 1 atom stereocenters. The summed E-state index contributed by atoms with van der Waals surface area (Å²) >= 11 is 3.60. The van der Waals surface area contributed by atoms with Crippen molar-refractivity contribution in [3.05, 3.63) is 15.9 Å². The molecule has 2 heterocycles. The van der Waals surface area contributed by atoms with E-state index in [0.717, 1.165) is 29.0 Å². The van der Waals surface area contributed by atoms with Gasteiger partial charge in [-0.3, -0.25) is 14.4 Å². The second-order valence-corrected chi connectivity index (χ2v) is 5.63. The first-order valence-electron chi connectivity index (χ1n) is 6.83. The number of carbonyl (C=O) groups excluding carboxylic acids is 1. The van der Waals surface area contributed by atoms with Crippen molar-refractivity contribution in [3.8, 4) is 0 Å². The highest BCUT2D eigenvalue weighted by atomic mass is 79.9. The maximum atomic E-state index is 11.9. The molecule has 1 aromatic rings. The minimum absolute atomic E-state index is 0.000100. The fourth-order valence-electron chi connectivity index (χ4n) is 2.45. The molecule has 1 fully saturated rings. The smallest absolute Gasteiger partial charge is 0.239 e. The van der Waals surface area contributed by atoms with Crippen LogP contribution in [0.5, 0.6) is 0 Å². The zero-order valence-electron chi connectivity index (χ0n) is 12.1. The Bertz CT molecular complexity index is 489. The lowest BCUT2D eigenvalue weighted by Crippen LogP contribution is -2.52. The number of amides is 1. The number of hydrogen-bond acceptors (Lipinski definition) is 4. The molecule has 20 heavy (non-hydrogen) atoms. The number of halogens is 1. The Labute approximate surface area is 127 Å². The molecule has 1 saturated heterocycles.